The number of piperazine rings is 1. The van der Waals surface area contributed by atoms with E-state index in [2.05, 4.69) is 85.0 Å². The van der Waals surface area contributed by atoms with Gasteiger partial charge in [0.2, 0.25) is 0 Å². The molecule has 18 heteroatoms. The number of aliphatic hydroxyl groups excluding tert-OH is 1. The first-order chi connectivity index (χ1) is 34.7. The highest BCUT2D eigenvalue weighted by atomic mass is 32.2. The van der Waals surface area contributed by atoms with Crippen LogP contribution in [0.2, 0.25) is 0 Å². The lowest BCUT2D eigenvalue weighted by molar-refractivity contribution is -0.384. The summed E-state index contributed by atoms with van der Waals surface area (Å²) >= 11 is 0. The summed E-state index contributed by atoms with van der Waals surface area (Å²) in [5, 5.41) is 25.6. The van der Waals surface area contributed by atoms with E-state index in [9.17, 15) is 28.4 Å². The van der Waals surface area contributed by atoms with Crippen LogP contribution in [-0.2, 0) is 21.3 Å². The zero-order valence-electron chi connectivity index (χ0n) is 40.8. The molecule has 4 fully saturated rings. The second kappa shape index (κ2) is 20.5. The monoisotopic (exact) mass is 998 g/mol. The number of pyridine rings is 1. The van der Waals surface area contributed by atoms with Gasteiger partial charge in [0.05, 0.1) is 47.5 Å². The maximum absolute atomic E-state index is 14.0. The predicted octanol–water partition coefficient (Wildman–Crippen LogP) is 8.38. The highest BCUT2D eigenvalue weighted by Crippen LogP contribution is 2.53. The Morgan fingerprint density at radius 3 is 2.51 bits per heavy atom. The molecule has 6 aromatic rings. The number of nitrogens with one attached hydrogen (secondary N) is 3. The molecule has 3 aliphatic heterocycles. The van der Waals surface area contributed by atoms with Crippen LogP contribution in [0, 0.1) is 15.5 Å². The molecule has 1 saturated carbocycles. The number of rotatable bonds is 16. The second-order valence-corrected chi connectivity index (χ2v) is 21.8. The highest BCUT2D eigenvalue weighted by Gasteiger charge is 2.50. The molecule has 2 unspecified atom stereocenters. The lowest BCUT2D eigenvalue weighted by Gasteiger charge is -2.58. The Hall–Kier alpha value is -6.57. The number of methoxy groups -OCH3 is 1. The van der Waals surface area contributed by atoms with Crippen molar-refractivity contribution in [3.05, 3.63) is 142 Å². The number of aliphatic hydroxyl groups is 1. The Balaban J connectivity index is 0.836. The third kappa shape index (κ3) is 10.5. The fourth-order valence-electron chi connectivity index (χ4n) is 11.2. The number of carbonyl (C=O) groups is 1. The van der Waals surface area contributed by atoms with E-state index in [1.807, 2.05) is 24.3 Å². The summed E-state index contributed by atoms with van der Waals surface area (Å²) in [5.41, 5.74) is 5.37. The third-order valence-corrected chi connectivity index (χ3v) is 16.5. The normalized spacial score (nSPS) is 20.7. The van der Waals surface area contributed by atoms with Gasteiger partial charge in [0, 0.05) is 93.7 Å². The van der Waals surface area contributed by atoms with Gasteiger partial charge in [-0.3, -0.25) is 24.7 Å². The average molecular weight is 999 g/mol. The fourth-order valence-corrected chi connectivity index (χ4v) is 12.2. The van der Waals surface area contributed by atoms with Crippen LogP contribution in [0.4, 0.5) is 17.1 Å². The van der Waals surface area contributed by atoms with Crippen LogP contribution in [-0.4, -0.2) is 115 Å². The molecule has 378 valence electrons. The van der Waals surface area contributed by atoms with E-state index in [0.29, 0.717) is 29.8 Å². The molecular formula is C54H62N8O9S. The van der Waals surface area contributed by atoms with Crippen LogP contribution in [0.3, 0.4) is 0 Å². The molecule has 1 amide bonds. The minimum Gasteiger partial charge on any atom is -0.497 e. The molecule has 4 aliphatic rings. The van der Waals surface area contributed by atoms with Crippen molar-refractivity contribution in [2.45, 2.75) is 87.6 Å². The van der Waals surface area contributed by atoms with Gasteiger partial charge in [-0.2, -0.15) is 0 Å². The van der Waals surface area contributed by atoms with Crippen molar-refractivity contribution in [2.75, 3.05) is 63.2 Å². The second-order valence-electron chi connectivity index (χ2n) is 20.1. The molecule has 5 heterocycles. The Kier molecular flexibility index (Phi) is 14.0. The van der Waals surface area contributed by atoms with E-state index in [4.69, 9.17) is 14.2 Å². The minimum absolute atomic E-state index is 0.0453. The van der Waals surface area contributed by atoms with Crippen LogP contribution in [0.15, 0.2) is 114 Å². The highest BCUT2D eigenvalue weighted by molar-refractivity contribution is 7.90. The van der Waals surface area contributed by atoms with Gasteiger partial charge in [-0.15, -0.1) is 0 Å². The number of aromatic nitrogens is 2. The first-order valence-corrected chi connectivity index (χ1v) is 26.3. The molecule has 4 aromatic carbocycles. The fraction of sp³-hybridized carbons (Fsp3) is 0.407. The van der Waals surface area contributed by atoms with E-state index < -0.39 is 37.5 Å². The molecule has 0 bridgehead atoms. The number of nitro benzene ring substituents is 1. The van der Waals surface area contributed by atoms with Gasteiger partial charge in [0.15, 0.2) is 0 Å². The maximum Gasteiger partial charge on any atom is 0.293 e. The zero-order chi connectivity index (χ0) is 50.1. The van der Waals surface area contributed by atoms with Gasteiger partial charge in [-0.05, 0) is 102 Å². The number of aromatic amines is 1. The van der Waals surface area contributed by atoms with Crippen LogP contribution in [0.25, 0.3) is 11.0 Å². The molecule has 0 radical (unpaired) electrons. The van der Waals surface area contributed by atoms with Crippen molar-refractivity contribution in [3.63, 3.8) is 0 Å². The number of carbonyl (C=O) groups excluding carboxylic acids is 1. The number of anilines is 2. The van der Waals surface area contributed by atoms with Gasteiger partial charge in [0.25, 0.3) is 21.6 Å². The van der Waals surface area contributed by atoms with Gasteiger partial charge >= 0.3 is 0 Å². The summed E-state index contributed by atoms with van der Waals surface area (Å²) in [6.45, 7) is 10.4. The number of hydrogen-bond donors (Lipinski definition) is 4. The largest absolute Gasteiger partial charge is 0.497 e. The van der Waals surface area contributed by atoms with Crippen LogP contribution in [0.5, 0.6) is 17.2 Å². The Labute approximate surface area is 419 Å². The van der Waals surface area contributed by atoms with E-state index >= 15 is 0 Å². The first kappa shape index (κ1) is 49.0. The number of hydrogen-bond acceptors (Lipinski definition) is 14. The Bertz CT molecular complexity index is 3040. The van der Waals surface area contributed by atoms with E-state index in [1.54, 1.807) is 31.5 Å². The molecule has 1 spiro atoms. The van der Waals surface area contributed by atoms with Crippen molar-refractivity contribution in [1.82, 2.24) is 24.5 Å². The molecule has 3 saturated heterocycles. The predicted molar refractivity (Wildman–Crippen MR) is 274 cm³/mol. The van der Waals surface area contributed by atoms with Crippen molar-refractivity contribution < 1.29 is 37.5 Å². The molecule has 10 rings (SSSR count). The van der Waals surface area contributed by atoms with Crippen molar-refractivity contribution in [2.24, 2.45) is 5.41 Å². The Morgan fingerprint density at radius 1 is 0.986 bits per heavy atom. The summed E-state index contributed by atoms with van der Waals surface area (Å²) in [4.78, 5) is 40.2. The lowest BCUT2D eigenvalue weighted by atomic mass is 9.59. The average Bonchev–Trinajstić information content (AvgIpc) is 4.03. The number of piperidine rings is 1. The molecule has 4 N–H and O–H groups in total. The number of ether oxygens (including phenoxy) is 3. The van der Waals surface area contributed by atoms with Crippen molar-refractivity contribution in [3.8, 4) is 17.2 Å². The van der Waals surface area contributed by atoms with Crippen molar-refractivity contribution in [1.29, 1.82) is 0 Å². The summed E-state index contributed by atoms with van der Waals surface area (Å²) < 4.78 is 46.9. The number of H-pyrrole nitrogens is 1. The first-order valence-electron chi connectivity index (χ1n) is 24.8. The van der Waals surface area contributed by atoms with Gasteiger partial charge in [-0.1, -0.05) is 50.2 Å². The van der Waals surface area contributed by atoms with E-state index in [-0.39, 0.29) is 47.7 Å². The molecule has 2 aromatic heterocycles. The number of nitro groups is 1. The van der Waals surface area contributed by atoms with Gasteiger partial charge in [-0.25, -0.2) is 18.1 Å². The SMILES string of the molecule is COc1ccc(CN2CCN(C3CC4(CCN(c5ccc(C(=O)NS(=O)(=O)c6ccc(NCC7CC(O)CO7)c([N+](=O)[O-])c6)c(Oc6cnc7[nH]ccc7c6)c5)CC4)C3)[C@H](c3ccccc3C(C)C)C2)cc1. The summed E-state index contributed by atoms with van der Waals surface area (Å²) in [6, 6.07) is 30.3. The lowest BCUT2D eigenvalue weighted by Crippen LogP contribution is -2.60. The smallest absolute Gasteiger partial charge is 0.293 e. The summed E-state index contributed by atoms with van der Waals surface area (Å²) in [7, 11) is -2.91. The number of sulfonamides is 1. The number of amides is 1. The topological polar surface area (TPSA) is 205 Å². The third-order valence-electron chi connectivity index (χ3n) is 15.1. The number of benzene rings is 4. The van der Waals surface area contributed by atoms with E-state index in [0.717, 1.165) is 87.8 Å². The van der Waals surface area contributed by atoms with Crippen molar-refractivity contribution >= 4 is 44.0 Å². The number of nitrogens with zero attached hydrogens (tertiary/aromatic N) is 5. The van der Waals surface area contributed by atoms with Gasteiger partial charge < -0.3 is 34.5 Å². The van der Waals surface area contributed by atoms with E-state index in [1.165, 1.54) is 35.0 Å². The number of fused-ring (bicyclic) bond motifs is 1. The van der Waals surface area contributed by atoms with Gasteiger partial charge in [0.1, 0.15) is 28.6 Å². The van der Waals surface area contributed by atoms with Crippen LogP contribution in [0.1, 0.15) is 85.0 Å². The summed E-state index contributed by atoms with van der Waals surface area (Å²) in [6.07, 6.45) is 6.97. The Morgan fingerprint density at radius 2 is 1.78 bits per heavy atom. The maximum atomic E-state index is 14.0. The molecule has 3 atom stereocenters. The van der Waals surface area contributed by atoms with Crippen LogP contribution >= 0.6 is 0 Å². The molecular weight excluding hydrogens is 937 g/mol. The molecule has 1 aliphatic carbocycles. The molecule has 17 nitrogen and oxygen atoms in total. The van der Waals surface area contributed by atoms with Crippen LogP contribution < -0.4 is 24.4 Å². The standard InChI is InChI=1S/C54H62N8O9S/c1-35(2)45-6-4-5-7-46(45)50-33-59(32-36-8-11-41(69-3)12-9-36)22-23-61(50)39-28-54(29-39)17-20-60(21-18-54)38-10-14-47(51(25-38)71-43-24-37-16-19-55-52(37)57-31-43)53(64)58-72(67,68)44-13-15-48(49(27-44)62(65)66)56-30-42-26-40(63)34-70-42/h4-16,19,24-25,27,31,35,39-40,42,50,56,63H,17-18,20-23,26,28-30,32-34H2,1-3H3,(H,55,57)(H,58,64)/t40?,42?,50-/m0/s1. The molecule has 72 heavy (non-hydrogen) atoms. The minimum atomic E-state index is -4.61. The quantitative estimate of drug-likeness (QED) is 0.0531. The summed E-state index contributed by atoms with van der Waals surface area (Å²) in [5.74, 6) is 0.788. The zero-order valence-corrected chi connectivity index (χ0v) is 41.6.